The van der Waals surface area contributed by atoms with Gasteiger partial charge in [0.2, 0.25) is 0 Å². The summed E-state index contributed by atoms with van der Waals surface area (Å²) < 4.78 is 10.6. The standard InChI is InChI=1S/C20H22N4O2/c1-13-5-8-16(9-6-13)20-22-19(14(2)23-24-20)21-12-15-7-10-17(25-3)18(11-15)26-4/h5-11H,12H2,1-4H3,(H,21,22,24). The van der Waals surface area contributed by atoms with Crippen LogP contribution in [0.15, 0.2) is 42.5 Å². The molecular weight excluding hydrogens is 328 g/mol. The van der Waals surface area contributed by atoms with Crippen LogP contribution >= 0.6 is 0 Å². The molecule has 0 saturated carbocycles. The van der Waals surface area contributed by atoms with Crippen LogP contribution in [0.4, 0.5) is 5.82 Å². The summed E-state index contributed by atoms with van der Waals surface area (Å²) in [5, 5.41) is 11.8. The highest BCUT2D eigenvalue weighted by molar-refractivity contribution is 5.57. The van der Waals surface area contributed by atoms with Gasteiger partial charge in [-0.3, -0.25) is 0 Å². The number of ether oxygens (including phenoxy) is 2. The van der Waals surface area contributed by atoms with Crippen LogP contribution in [0.1, 0.15) is 16.8 Å². The van der Waals surface area contributed by atoms with Crippen LogP contribution < -0.4 is 14.8 Å². The SMILES string of the molecule is COc1ccc(CNc2nc(-c3ccc(C)cc3)nnc2C)cc1OC. The first-order chi connectivity index (χ1) is 12.6. The third kappa shape index (κ3) is 3.91. The molecule has 26 heavy (non-hydrogen) atoms. The van der Waals surface area contributed by atoms with E-state index in [-0.39, 0.29) is 0 Å². The van der Waals surface area contributed by atoms with Crippen molar-refractivity contribution in [3.8, 4) is 22.9 Å². The van der Waals surface area contributed by atoms with Gasteiger partial charge in [-0.15, -0.1) is 10.2 Å². The van der Waals surface area contributed by atoms with Crippen molar-refractivity contribution in [3.63, 3.8) is 0 Å². The molecule has 1 heterocycles. The molecule has 134 valence electrons. The van der Waals surface area contributed by atoms with Crippen LogP contribution in [-0.4, -0.2) is 29.4 Å². The van der Waals surface area contributed by atoms with E-state index >= 15 is 0 Å². The molecule has 0 atom stereocenters. The second-order valence-electron chi connectivity index (χ2n) is 5.98. The Labute approximate surface area is 153 Å². The van der Waals surface area contributed by atoms with Crippen molar-refractivity contribution in [1.82, 2.24) is 15.2 Å². The maximum absolute atomic E-state index is 5.35. The Hall–Kier alpha value is -3.15. The van der Waals surface area contributed by atoms with E-state index in [1.165, 1.54) is 5.56 Å². The largest absolute Gasteiger partial charge is 0.493 e. The highest BCUT2D eigenvalue weighted by atomic mass is 16.5. The van der Waals surface area contributed by atoms with Crippen molar-refractivity contribution in [2.45, 2.75) is 20.4 Å². The summed E-state index contributed by atoms with van der Waals surface area (Å²) in [5.41, 5.74) is 3.94. The van der Waals surface area contributed by atoms with Crippen molar-refractivity contribution in [2.24, 2.45) is 0 Å². The van der Waals surface area contributed by atoms with E-state index in [2.05, 4.69) is 20.5 Å². The number of nitrogens with zero attached hydrogens (tertiary/aromatic N) is 3. The minimum absolute atomic E-state index is 0.591. The summed E-state index contributed by atoms with van der Waals surface area (Å²) in [5.74, 6) is 2.72. The normalized spacial score (nSPS) is 10.5. The van der Waals surface area contributed by atoms with Crippen LogP contribution in [0.2, 0.25) is 0 Å². The summed E-state index contributed by atoms with van der Waals surface area (Å²) in [6.45, 7) is 4.53. The maximum atomic E-state index is 5.35. The van der Waals surface area contributed by atoms with Gasteiger partial charge in [0.25, 0.3) is 0 Å². The van der Waals surface area contributed by atoms with E-state index in [0.717, 1.165) is 16.8 Å². The van der Waals surface area contributed by atoms with Gasteiger partial charge in [0, 0.05) is 12.1 Å². The highest BCUT2D eigenvalue weighted by Gasteiger charge is 2.09. The van der Waals surface area contributed by atoms with Crippen molar-refractivity contribution in [1.29, 1.82) is 0 Å². The van der Waals surface area contributed by atoms with Gasteiger partial charge in [0.1, 0.15) is 5.69 Å². The van der Waals surface area contributed by atoms with Gasteiger partial charge < -0.3 is 14.8 Å². The molecule has 1 aromatic heterocycles. The molecule has 0 aliphatic heterocycles. The predicted octanol–water partition coefficient (Wildman–Crippen LogP) is 3.78. The molecule has 0 amide bonds. The lowest BCUT2D eigenvalue weighted by Crippen LogP contribution is -2.07. The lowest BCUT2D eigenvalue weighted by Gasteiger charge is -2.12. The fourth-order valence-corrected chi connectivity index (χ4v) is 2.55. The molecule has 0 aliphatic carbocycles. The van der Waals surface area contributed by atoms with Gasteiger partial charge in [-0.1, -0.05) is 35.9 Å². The average molecular weight is 350 g/mol. The third-order valence-corrected chi connectivity index (χ3v) is 4.07. The number of benzene rings is 2. The molecule has 1 N–H and O–H groups in total. The first-order valence-corrected chi connectivity index (χ1v) is 8.34. The summed E-state index contributed by atoms with van der Waals surface area (Å²) in [4.78, 5) is 4.62. The number of hydrogen-bond acceptors (Lipinski definition) is 6. The van der Waals surface area contributed by atoms with Gasteiger partial charge in [-0.2, -0.15) is 0 Å². The summed E-state index contributed by atoms with van der Waals surface area (Å²) in [7, 11) is 3.25. The molecule has 0 aliphatic rings. The number of hydrogen-bond donors (Lipinski definition) is 1. The van der Waals surface area contributed by atoms with E-state index in [4.69, 9.17) is 9.47 Å². The minimum atomic E-state index is 0.591. The fraction of sp³-hybridized carbons (Fsp3) is 0.250. The second-order valence-corrected chi connectivity index (χ2v) is 5.98. The predicted molar refractivity (Wildman–Crippen MR) is 102 cm³/mol. The second kappa shape index (κ2) is 7.82. The monoisotopic (exact) mass is 350 g/mol. The lowest BCUT2D eigenvalue weighted by atomic mass is 10.1. The van der Waals surface area contributed by atoms with E-state index in [9.17, 15) is 0 Å². The van der Waals surface area contributed by atoms with Crippen LogP contribution in [0.25, 0.3) is 11.4 Å². The number of methoxy groups -OCH3 is 2. The number of rotatable bonds is 6. The van der Waals surface area contributed by atoms with Gasteiger partial charge in [-0.05, 0) is 31.5 Å². The molecule has 2 aromatic carbocycles. The topological polar surface area (TPSA) is 69.2 Å². The molecule has 3 rings (SSSR count). The van der Waals surface area contributed by atoms with E-state index in [1.54, 1.807) is 14.2 Å². The van der Waals surface area contributed by atoms with Crippen molar-refractivity contribution in [3.05, 3.63) is 59.3 Å². The first kappa shape index (κ1) is 17.7. The van der Waals surface area contributed by atoms with Crippen LogP contribution in [-0.2, 0) is 6.54 Å². The minimum Gasteiger partial charge on any atom is -0.493 e. The first-order valence-electron chi connectivity index (χ1n) is 8.34. The maximum Gasteiger partial charge on any atom is 0.183 e. The van der Waals surface area contributed by atoms with Crippen LogP contribution in [0.3, 0.4) is 0 Å². The highest BCUT2D eigenvalue weighted by Crippen LogP contribution is 2.28. The molecule has 0 fully saturated rings. The Kier molecular flexibility index (Phi) is 5.31. The molecule has 3 aromatic rings. The molecule has 0 bridgehead atoms. The number of aromatic nitrogens is 3. The average Bonchev–Trinajstić information content (AvgIpc) is 2.67. The van der Waals surface area contributed by atoms with Gasteiger partial charge in [0.15, 0.2) is 23.1 Å². The Balaban J connectivity index is 1.79. The van der Waals surface area contributed by atoms with Gasteiger partial charge in [-0.25, -0.2) is 4.98 Å². The number of nitrogens with one attached hydrogen (secondary N) is 1. The molecular formula is C20H22N4O2. The van der Waals surface area contributed by atoms with E-state index in [1.807, 2.05) is 56.3 Å². The zero-order valence-electron chi connectivity index (χ0n) is 15.4. The van der Waals surface area contributed by atoms with Gasteiger partial charge in [0.05, 0.1) is 14.2 Å². The van der Waals surface area contributed by atoms with Crippen molar-refractivity contribution >= 4 is 5.82 Å². The molecule has 0 unspecified atom stereocenters. The quantitative estimate of drug-likeness (QED) is 0.729. The molecule has 6 nitrogen and oxygen atoms in total. The smallest absolute Gasteiger partial charge is 0.183 e. The molecule has 0 spiro atoms. The van der Waals surface area contributed by atoms with Crippen LogP contribution in [0.5, 0.6) is 11.5 Å². The summed E-state index contributed by atoms with van der Waals surface area (Å²) in [6.07, 6.45) is 0. The molecule has 0 saturated heterocycles. The van der Waals surface area contributed by atoms with Crippen molar-refractivity contribution < 1.29 is 9.47 Å². The van der Waals surface area contributed by atoms with Crippen molar-refractivity contribution in [2.75, 3.05) is 19.5 Å². The fourth-order valence-electron chi connectivity index (χ4n) is 2.55. The zero-order valence-corrected chi connectivity index (χ0v) is 15.4. The Morgan fingerprint density at radius 1 is 0.885 bits per heavy atom. The van der Waals surface area contributed by atoms with E-state index < -0.39 is 0 Å². The number of anilines is 1. The molecule has 0 radical (unpaired) electrons. The van der Waals surface area contributed by atoms with E-state index in [0.29, 0.717) is 29.7 Å². The third-order valence-electron chi connectivity index (χ3n) is 4.07. The lowest BCUT2D eigenvalue weighted by molar-refractivity contribution is 0.354. The van der Waals surface area contributed by atoms with Crippen LogP contribution in [0, 0.1) is 13.8 Å². The Bertz CT molecular complexity index is 895. The molecule has 6 heteroatoms. The van der Waals surface area contributed by atoms with Gasteiger partial charge >= 0.3 is 0 Å². The number of aryl methyl sites for hydroxylation is 2. The Morgan fingerprint density at radius 3 is 2.31 bits per heavy atom. The Morgan fingerprint density at radius 2 is 1.62 bits per heavy atom. The zero-order chi connectivity index (χ0) is 18.5. The summed E-state index contributed by atoms with van der Waals surface area (Å²) in [6, 6.07) is 13.9. The summed E-state index contributed by atoms with van der Waals surface area (Å²) >= 11 is 0.